The lowest BCUT2D eigenvalue weighted by atomic mass is 10.2. The molecule has 0 bridgehead atoms. The first-order valence-electron chi connectivity index (χ1n) is 6.73. The molecule has 2 aromatic carbocycles. The van der Waals surface area contributed by atoms with E-state index in [1.54, 1.807) is 43.3 Å². The highest BCUT2D eigenvalue weighted by atomic mass is 35.5. The molecular weight excluding hydrogens is 302 g/mol. The average Bonchev–Trinajstić information content (AvgIpc) is 2.50. The molecule has 2 rings (SSSR count). The van der Waals surface area contributed by atoms with Crippen LogP contribution in [0.5, 0.6) is 0 Å². The fourth-order valence-electron chi connectivity index (χ4n) is 1.73. The maximum Gasteiger partial charge on any atom is 0.319 e. The van der Waals surface area contributed by atoms with Gasteiger partial charge in [0, 0.05) is 16.4 Å². The number of rotatable bonds is 4. The van der Waals surface area contributed by atoms with E-state index in [0.29, 0.717) is 16.4 Å². The predicted octanol–water partition coefficient (Wildman–Crippen LogP) is 3.49. The van der Waals surface area contributed by atoms with E-state index >= 15 is 0 Å². The molecule has 0 aliphatic heterocycles. The number of halogens is 1. The van der Waals surface area contributed by atoms with Crippen molar-refractivity contribution in [2.45, 2.75) is 13.0 Å². The summed E-state index contributed by atoms with van der Waals surface area (Å²) in [4.78, 5) is 23.8. The second-order valence-corrected chi connectivity index (χ2v) is 5.12. The van der Waals surface area contributed by atoms with Crippen LogP contribution >= 0.6 is 11.6 Å². The van der Waals surface area contributed by atoms with Crippen molar-refractivity contribution in [3.8, 4) is 0 Å². The molecule has 22 heavy (non-hydrogen) atoms. The Balaban J connectivity index is 1.85. The number of carbonyl (C=O) groups excluding carboxylic acids is 2. The van der Waals surface area contributed by atoms with Gasteiger partial charge in [-0.1, -0.05) is 29.8 Å². The molecule has 0 saturated heterocycles. The van der Waals surface area contributed by atoms with Gasteiger partial charge in [-0.05, 0) is 43.3 Å². The molecule has 0 fully saturated rings. The Morgan fingerprint density at radius 1 is 0.909 bits per heavy atom. The summed E-state index contributed by atoms with van der Waals surface area (Å²) in [5.74, 6) is -0.314. The van der Waals surface area contributed by atoms with Crippen molar-refractivity contribution in [3.63, 3.8) is 0 Å². The molecule has 6 heteroatoms. The van der Waals surface area contributed by atoms with Gasteiger partial charge in [0.25, 0.3) is 0 Å². The summed E-state index contributed by atoms with van der Waals surface area (Å²) in [5.41, 5.74) is 1.27. The zero-order valence-corrected chi connectivity index (χ0v) is 12.7. The van der Waals surface area contributed by atoms with E-state index in [1.165, 1.54) is 0 Å². The number of hydrogen-bond donors (Lipinski definition) is 3. The van der Waals surface area contributed by atoms with E-state index in [0.717, 1.165) is 0 Å². The van der Waals surface area contributed by atoms with Crippen molar-refractivity contribution in [1.29, 1.82) is 0 Å². The van der Waals surface area contributed by atoms with Gasteiger partial charge in [-0.15, -0.1) is 0 Å². The number of urea groups is 1. The van der Waals surface area contributed by atoms with Crippen molar-refractivity contribution in [3.05, 3.63) is 59.6 Å². The van der Waals surface area contributed by atoms with Crippen molar-refractivity contribution in [2.24, 2.45) is 0 Å². The van der Waals surface area contributed by atoms with Crippen molar-refractivity contribution in [1.82, 2.24) is 5.32 Å². The standard InChI is InChI=1S/C16H16ClN3O2/c1-11(15(21)19-14-9-7-12(17)8-10-14)18-16(22)20-13-5-3-2-4-6-13/h2-11H,1H3,(H,19,21)(H2,18,20,22)/t11-/m1/s1. The molecule has 3 N–H and O–H groups in total. The fourth-order valence-corrected chi connectivity index (χ4v) is 1.86. The summed E-state index contributed by atoms with van der Waals surface area (Å²) in [6, 6.07) is 14.6. The third-order valence-corrected chi connectivity index (χ3v) is 3.14. The third-order valence-electron chi connectivity index (χ3n) is 2.88. The van der Waals surface area contributed by atoms with Crippen LogP contribution in [0.15, 0.2) is 54.6 Å². The first-order chi connectivity index (χ1) is 10.5. The van der Waals surface area contributed by atoms with E-state index in [4.69, 9.17) is 11.6 Å². The Labute approximate surface area is 133 Å². The molecule has 0 unspecified atom stereocenters. The van der Waals surface area contributed by atoms with Gasteiger partial charge in [-0.25, -0.2) is 4.79 Å². The van der Waals surface area contributed by atoms with E-state index in [1.807, 2.05) is 18.2 Å². The van der Waals surface area contributed by atoms with Gasteiger partial charge in [0.1, 0.15) is 6.04 Å². The molecule has 0 saturated carbocycles. The Morgan fingerprint density at radius 2 is 1.50 bits per heavy atom. The second kappa shape index (κ2) is 7.47. The van der Waals surface area contributed by atoms with Crippen LogP contribution in [0.1, 0.15) is 6.92 Å². The van der Waals surface area contributed by atoms with Crippen LogP contribution in [0.4, 0.5) is 16.2 Å². The molecule has 0 spiro atoms. The van der Waals surface area contributed by atoms with Crippen LogP contribution in [0.2, 0.25) is 5.02 Å². The number of hydrogen-bond acceptors (Lipinski definition) is 2. The number of para-hydroxylation sites is 1. The molecule has 5 nitrogen and oxygen atoms in total. The second-order valence-electron chi connectivity index (χ2n) is 4.68. The zero-order chi connectivity index (χ0) is 15.9. The predicted molar refractivity (Wildman–Crippen MR) is 88.1 cm³/mol. The highest BCUT2D eigenvalue weighted by Crippen LogP contribution is 2.13. The number of benzene rings is 2. The number of carbonyl (C=O) groups is 2. The molecular formula is C16H16ClN3O2. The van der Waals surface area contributed by atoms with Gasteiger partial charge >= 0.3 is 6.03 Å². The van der Waals surface area contributed by atoms with E-state index in [-0.39, 0.29) is 5.91 Å². The van der Waals surface area contributed by atoms with Gasteiger partial charge in [-0.2, -0.15) is 0 Å². The van der Waals surface area contributed by atoms with Crippen LogP contribution in [0.3, 0.4) is 0 Å². The van der Waals surface area contributed by atoms with Crippen LogP contribution in [-0.4, -0.2) is 18.0 Å². The van der Waals surface area contributed by atoms with E-state index in [2.05, 4.69) is 16.0 Å². The largest absolute Gasteiger partial charge is 0.326 e. The minimum atomic E-state index is -0.681. The summed E-state index contributed by atoms with van der Waals surface area (Å²) < 4.78 is 0. The fraction of sp³-hybridized carbons (Fsp3) is 0.125. The molecule has 1 atom stereocenters. The Hall–Kier alpha value is -2.53. The van der Waals surface area contributed by atoms with E-state index in [9.17, 15) is 9.59 Å². The highest BCUT2D eigenvalue weighted by molar-refractivity contribution is 6.30. The summed E-state index contributed by atoms with van der Waals surface area (Å²) in [5, 5.41) is 8.51. The molecule has 114 valence electrons. The Morgan fingerprint density at radius 3 is 2.14 bits per heavy atom. The van der Waals surface area contributed by atoms with Crippen LogP contribution < -0.4 is 16.0 Å². The molecule has 0 heterocycles. The van der Waals surface area contributed by atoms with Gasteiger partial charge in [0.15, 0.2) is 0 Å². The Kier molecular flexibility index (Phi) is 5.38. The lowest BCUT2D eigenvalue weighted by molar-refractivity contribution is -0.117. The smallest absolute Gasteiger partial charge is 0.319 e. The summed E-state index contributed by atoms with van der Waals surface area (Å²) >= 11 is 5.78. The molecule has 0 aliphatic rings. The summed E-state index contributed by atoms with van der Waals surface area (Å²) in [7, 11) is 0. The first-order valence-corrected chi connectivity index (χ1v) is 7.11. The average molecular weight is 318 g/mol. The molecule has 0 radical (unpaired) electrons. The van der Waals surface area contributed by atoms with Crippen LogP contribution in [0.25, 0.3) is 0 Å². The quantitative estimate of drug-likeness (QED) is 0.808. The topological polar surface area (TPSA) is 70.2 Å². The summed E-state index contributed by atoms with van der Waals surface area (Å²) in [6.07, 6.45) is 0. The zero-order valence-electron chi connectivity index (χ0n) is 12.0. The molecule has 0 aromatic heterocycles. The lowest BCUT2D eigenvalue weighted by Crippen LogP contribution is -2.43. The van der Waals surface area contributed by atoms with Crippen LogP contribution in [0, 0.1) is 0 Å². The molecule has 2 aromatic rings. The van der Waals surface area contributed by atoms with Crippen LogP contribution in [-0.2, 0) is 4.79 Å². The normalized spacial score (nSPS) is 11.4. The van der Waals surface area contributed by atoms with Crippen molar-refractivity contribution < 1.29 is 9.59 Å². The van der Waals surface area contributed by atoms with Gasteiger partial charge in [0.05, 0.1) is 0 Å². The van der Waals surface area contributed by atoms with Gasteiger partial charge < -0.3 is 16.0 Å². The maximum absolute atomic E-state index is 12.0. The minimum absolute atomic E-state index is 0.314. The number of anilines is 2. The number of nitrogens with one attached hydrogen (secondary N) is 3. The van der Waals surface area contributed by atoms with Crippen molar-refractivity contribution in [2.75, 3.05) is 10.6 Å². The van der Waals surface area contributed by atoms with Gasteiger partial charge in [-0.3, -0.25) is 4.79 Å². The highest BCUT2D eigenvalue weighted by Gasteiger charge is 2.15. The lowest BCUT2D eigenvalue weighted by Gasteiger charge is -2.15. The minimum Gasteiger partial charge on any atom is -0.326 e. The number of amides is 3. The molecule has 0 aliphatic carbocycles. The monoisotopic (exact) mass is 317 g/mol. The Bertz CT molecular complexity index is 644. The maximum atomic E-state index is 12.0. The molecule has 3 amide bonds. The van der Waals surface area contributed by atoms with E-state index < -0.39 is 12.1 Å². The third kappa shape index (κ3) is 4.79. The van der Waals surface area contributed by atoms with Crippen molar-refractivity contribution >= 4 is 34.9 Å². The van der Waals surface area contributed by atoms with Gasteiger partial charge in [0.2, 0.25) is 5.91 Å². The summed E-state index contributed by atoms with van der Waals surface area (Å²) in [6.45, 7) is 1.61. The SMILES string of the molecule is C[C@@H](NC(=O)Nc1ccccc1)C(=O)Nc1ccc(Cl)cc1. The first kappa shape index (κ1) is 15.9.